The maximum atomic E-state index is 13.9. The molecule has 4 heterocycles. The second kappa shape index (κ2) is 15.5. The standard InChI is InChI=1S/C30H28N4O16S4/c1-13(7-18-31(5-4-6-54(45,46)47)14-8-16(48-2)17(49-3)9-15(14)50-18)22-25(41)32(10-19(35)36)28(51-22)23-26(42)33(11-20(37)38)29(52-23)24-27(43)34(12-21(39)40)30(44)53-24/h7-9H,4-6,10-12H2,1-3H3,(H,35,36)(H,37,38)(H,39,40)(H,45,46,47)/b18-7?,22-13?,28-23+,29-24?. The Kier molecular flexibility index (Phi) is 11.4. The Hall–Kier alpha value is -5.43. The number of nitrogens with zero attached hydrogens (tertiary/aromatic N) is 4. The Morgan fingerprint density at radius 1 is 0.852 bits per heavy atom. The number of allylic oxidation sites excluding steroid dienone is 1. The first-order valence-electron chi connectivity index (χ1n) is 15.1. The van der Waals surface area contributed by atoms with Crippen molar-refractivity contribution in [2.45, 2.75) is 26.4 Å². The number of thioether (sulfide) groups is 1. The molecular formula is C30H28N4O16S4. The van der Waals surface area contributed by atoms with Crippen LogP contribution in [0.25, 0.3) is 10.5 Å². The number of carboxylic acid groups (broad SMARTS) is 3. The predicted octanol–water partition coefficient (Wildman–Crippen LogP) is -0.317. The number of imide groups is 1. The Labute approximate surface area is 314 Å². The van der Waals surface area contributed by atoms with E-state index in [0.29, 0.717) is 49.3 Å². The third-order valence-electron chi connectivity index (χ3n) is 7.60. The van der Waals surface area contributed by atoms with Crippen molar-refractivity contribution in [3.8, 4) is 17.2 Å². The summed E-state index contributed by atoms with van der Waals surface area (Å²) in [7, 11) is -1.52. The molecule has 1 aromatic carbocycles. The number of methoxy groups -OCH3 is 2. The van der Waals surface area contributed by atoms with Crippen LogP contribution in [0.1, 0.15) is 13.3 Å². The maximum Gasteiger partial charge on any atom is 0.323 e. The Balaban J connectivity index is 1.78. The minimum absolute atomic E-state index is 0.0105. The molecule has 4 N–H and O–H groups in total. The number of anilines is 1. The number of carbonyl (C=O) groups excluding carboxylic acids is 2. The van der Waals surface area contributed by atoms with Crippen LogP contribution in [0.5, 0.6) is 17.2 Å². The number of rotatable bonds is 13. The second-order valence-electron chi connectivity index (χ2n) is 11.3. The first kappa shape index (κ1) is 39.8. The molecule has 0 bridgehead atoms. The van der Waals surface area contributed by atoms with Crippen LogP contribution in [0.4, 0.5) is 10.5 Å². The monoisotopic (exact) mass is 828 g/mol. The van der Waals surface area contributed by atoms with Gasteiger partial charge in [-0.3, -0.25) is 52.1 Å². The molecule has 0 unspecified atom stereocenters. The minimum Gasteiger partial charge on any atom is -0.493 e. The molecule has 0 saturated carbocycles. The summed E-state index contributed by atoms with van der Waals surface area (Å²) in [6.45, 7) is -1.48. The molecule has 0 radical (unpaired) electrons. The molecule has 0 spiro atoms. The number of aliphatic carboxylic acids is 3. The molecule has 2 aliphatic rings. The van der Waals surface area contributed by atoms with E-state index >= 15 is 0 Å². The van der Waals surface area contributed by atoms with Gasteiger partial charge in [-0.1, -0.05) is 0 Å². The van der Waals surface area contributed by atoms with Gasteiger partial charge >= 0.3 is 17.9 Å². The molecule has 0 atom stereocenters. The van der Waals surface area contributed by atoms with Gasteiger partial charge in [0.25, 0.3) is 32.4 Å². The summed E-state index contributed by atoms with van der Waals surface area (Å²) in [6.07, 6.45) is 1.34. The number of aromatic nitrogens is 2. The van der Waals surface area contributed by atoms with Crippen molar-refractivity contribution < 1.29 is 66.5 Å². The number of ether oxygens (including phenoxy) is 3. The Morgan fingerprint density at radius 3 is 2.02 bits per heavy atom. The number of benzene rings is 1. The zero-order valence-corrected chi connectivity index (χ0v) is 31.4. The fourth-order valence-corrected chi connectivity index (χ4v) is 9.22. The van der Waals surface area contributed by atoms with E-state index in [2.05, 4.69) is 0 Å². The summed E-state index contributed by atoms with van der Waals surface area (Å²) >= 11 is 1.47. The van der Waals surface area contributed by atoms with Gasteiger partial charge in [-0.05, 0) is 30.7 Å². The highest BCUT2D eigenvalue weighted by atomic mass is 32.2. The largest absolute Gasteiger partial charge is 0.493 e. The molecule has 2 amide bonds. The van der Waals surface area contributed by atoms with Crippen molar-refractivity contribution in [3.05, 3.63) is 63.2 Å². The third-order valence-corrected chi connectivity index (χ3v) is 12.1. The van der Waals surface area contributed by atoms with Crippen LogP contribution in [-0.4, -0.2) is 104 Å². The van der Waals surface area contributed by atoms with Crippen molar-refractivity contribution in [1.29, 1.82) is 0 Å². The average molecular weight is 829 g/mol. The van der Waals surface area contributed by atoms with Crippen molar-refractivity contribution in [2.24, 2.45) is 0 Å². The number of amides is 2. The topological polar surface area (TPSA) is 279 Å². The molecule has 24 heteroatoms. The van der Waals surface area contributed by atoms with Crippen molar-refractivity contribution in [1.82, 2.24) is 14.0 Å². The van der Waals surface area contributed by atoms with Gasteiger partial charge in [0.2, 0.25) is 5.88 Å². The maximum absolute atomic E-state index is 13.9. The zero-order valence-electron chi connectivity index (χ0n) is 28.1. The van der Waals surface area contributed by atoms with E-state index in [-0.39, 0.29) is 60.3 Å². The smallest absolute Gasteiger partial charge is 0.323 e. The Morgan fingerprint density at radius 2 is 1.44 bits per heavy atom. The molecule has 288 valence electrons. The van der Waals surface area contributed by atoms with Gasteiger partial charge in [0.05, 0.1) is 30.2 Å². The van der Waals surface area contributed by atoms with Crippen LogP contribution in [0.2, 0.25) is 0 Å². The molecule has 2 aliphatic heterocycles. The molecule has 2 aromatic heterocycles. The summed E-state index contributed by atoms with van der Waals surface area (Å²) < 4.78 is 49.4. The van der Waals surface area contributed by atoms with Gasteiger partial charge in [-0.2, -0.15) is 8.42 Å². The molecule has 1 fully saturated rings. The van der Waals surface area contributed by atoms with Gasteiger partial charge in [0.1, 0.15) is 38.4 Å². The summed E-state index contributed by atoms with van der Waals surface area (Å²) in [5.74, 6) is -5.25. The fourth-order valence-electron chi connectivity index (χ4n) is 5.32. The van der Waals surface area contributed by atoms with E-state index in [4.69, 9.17) is 19.3 Å². The minimum atomic E-state index is -4.32. The number of fused-ring (bicyclic) bond motifs is 1. The summed E-state index contributed by atoms with van der Waals surface area (Å²) in [5, 5.41) is 27.4. The molecule has 0 aliphatic carbocycles. The lowest BCUT2D eigenvalue weighted by molar-refractivity contribution is -0.140. The lowest BCUT2D eigenvalue weighted by Gasteiger charge is -2.18. The highest BCUT2D eigenvalue weighted by Crippen LogP contribution is 2.46. The fraction of sp³-hybridized carbons (Fsp3) is 0.300. The number of hydrogen-bond acceptors (Lipinski definition) is 16. The van der Waals surface area contributed by atoms with E-state index in [9.17, 15) is 56.7 Å². The number of carboxylic acids is 3. The third kappa shape index (κ3) is 8.06. The lowest BCUT2D eigenvalue weighted by atomic mass is 10.2. The normalized spacial score (nSPS) is 17.1. The van der Waals surface area contributed by atoms with Crippen LogP contribution >= 0.6 is 34.4 Å². The van der Waals surface area contributed by atoms with Crippen LogP contribution in [0.15, 0.2) is 33.7 Å². The van der Waals surface area contributed by atoms with Crippen LogP contribution < -0.4 is 39.4 Å². The molecule has 3 aromatic rings. The quantitative estimate of drug-likeness (QED) is 0.161. The number of thiazole rings is 2. The molecule has 54 heavy (non-hydrogen) atoms. The van der Waals surface area contributed by atoms with E-state index in [1.165, 1.54) is 33.3 Å². The van der Waals surface area contributed by atoms with Gasteiger partial charge in [0.15, 0.2) is 17.2 Å². The molecular weight excluding hydrogens is 801 g/mol. The van der Waals surface area contributed by atoms with Gasteiger partial charge in [-0.25, -0.2) is 0 Å². The SMILES string of the molecule is COc1cc2c(cc1OC)N(CCCS(=O)(=O)O)C(=CC(C)=c1s/c(=c3/sc(=C4SC(=O)N(CC(=O)O)C4=O)n(CC(=O)O)c3=O)n(CC(=O)O)c1=O)O2. The van der Waals surface area contributed by atoms with E-state index in [0.717, 1.165) is 4.57 Å². The summed E-state index contributed by atoms with van der Waals surface area (Å²) in [5.41, 5.74) is -1.30. The van der Waals surface area contributed by atoms with Crippen molar-refractivity contribution >= 4 is 89.8 Å². The zero-order chi connectivity index (χ0) is 39.8. The van der Waals surface area contributed by atoms with Gasteiger partial charge in [0, 0.05) is 24.8 Å². The Bertz CT molecular complexity index is 2620. The second-order valence-corrected chi connectivity index (χ2v) is 15.8. The van der Waals surface area contributed by atoms with Crippen molar-refractivity contribution in [3.63, 3.8) is 0 Å². The summed E-state index contributed by atoms with van der Waals surface area (Å²) in [6, 6.07) is 3.08. The number of carbonyl (C=O) groups is 5. The van der Waals surface area contributed by atoms with Crippen molar-refractivity contribution in [2.75, 3.05) is 38.0 Å². The van der Waals surface area contributed by atoms with E-state index in [1.807, 2.05) is 0 Å². The van der Waals surface area contributed by atoms with Crippen LogP contribution in [0.3, 0.4) is 0 Å². The number of hydrogen-bond donors (Lipinski definition) is 4. The average Bonchev–Trinajstić information content (AvgIpc) is 3.77. The van der Waals surface area contributed by atoms with Gasteiger partial charge < -0.3 is 34.4 Å². The van der Waals surface area contributed by atoms with Crippen LogP contribution in [0, 0.1) is 9.20 Å². The molecule has 20 nitrogen and oxygen atoms in total. The van der Waals surface area contributed by atoms with Gasteiger partial charge in [-0.15, -0.1) is 22.7 Å². The highest BCUT2D eigenvalue weighted by molar-refractivity contribution is 8.23. The van der Waals surface area contributed by atoms with Crippen LogP contribution in [-0.2, 0) is 42.4 Å². The first-order valence-corrected chi connectivity index (χ1v) is 19.2. The van der Waals surface area contributed by atoms with E-state index < -0.39 is 80.6 Å². The predicted molar refractivity (Wildman–Crippen MR) is 191 cm³/mol. The summed E-state index contributed by atoms with van der Waals surface area (Å²) in [4.78, 5) is 89.7. The van der Waals surface area contributed by atoms with E-state index in [1.54, 1.807) is 11.0 Å². The first-order chi connectivity index (χ1) is 25.3. The molecule has 1 saturated heterocycles. The lowest BCUT2D eigenvalue weighted by Crippen LogP contribution is -2.35. The molecule has 5 rings (SSSR count). The highest BCUT2D eigenvalue weighted by Gasteiger charge is 2.38.